The van der Waals surface area contributed by atoms with E-state index in [0.717, 1.165) is 0 Å². The molecule has 6 heteroatoms. The molecule has 2 aliphatic heterocycles. The third-order valence-corrected chi connectivity index (χ3v) is 6.94. The van der Waals surface area contributed by atoms with Crippen LogP contribution in [0.25, 0.3) is 0 Å². The maximum atomic E-state index is 12.6. The van der Waals surface area contributed by atoms with Crippen LogP contribution in [0.2, 0.25) is 0 Å². The Bertz CT molecular complexity index is 413. The highest BCUT2D eigenvalue weighted by Gasteiger charge is 2.54. The van der Waals surface area contributed by atoms with Gasteiger partial charge in [-0.05, 0) is 26.2 Å². The maximum Gasteiger partial charge on any atom is 0.243 e. The molecule has 2 saturated heterocycles. The van der Waals surface area contributed by atoms with Crippen molar-refractivity contribution in [2.45, 2.75) is 36.2 Å². The van der Waals surface area contributed by atoms with Crippen LogP contribution in [0.1, 0.15) is 26.2 Å². The van der Waals surface area contributed by atoms with E-state index in [9.17, 15) is 13.2 Å². The van der Waals surface area contributed by atoms with Gasteiger partial charge < -0.3 is 9.64 Å². The second-order valence-electron chi connectivity index (χ2n) is 5.06. The number of nitrogens with zero attached hydrogens (tertiary/aromatic N) is 1. The van der Waals surface area contributed by atoms with Crippen LogP contribution >= 0.6 is 0 Å². The van der Waals surface area contributed by atoms with Crippen LogP contribution in [0.3, 0.4) is 0 Å². The Labute approximate surface area is 102 Å². The molecule has 0 bridgehead atoms. The predicted molar refractivity (Wildman–Crippen MR) is 63.4 cm³/mol. The van der Waals surface area contributed by atoms with E-state index in [1.165, 1.54) is 4.90 Å². The van der Waals surface area contributed by atoms with Gasteiger partial charge in [0, 0.05) is 26.8 Å². The molecule has 0 aromatic heterocycles. The van der Waals surface area contributed by atoms with Crippen LogP contribution in [0.5, 0.6) is 0 Å². The number of ether oxygens (including phenoxy) is 1. The lowest BCUT2D eigenvalue weighted by molar-refractivity contribution is -0.128. The zero-order valence-corrected chi connectivity index (χ0v) is 11.1. The zero-order chi connectivity index (χ0) is 12.7. The number of amides is 1. The first-order chi connectivity index (χ1) is 7.89. The van der Waals surface area contributed by atoms with Gasteiger partial charge in [0.1, 0.15) is 4.75 Å². The molecule has 98 valence electrons. The molecule has 0 aromatic rings. The van der Waals surface area contributed by atoms with Gasteiger partial charge in [0.25, 0.3) is 0 Å². The van der Waals surface area contributed by atoms with Crippen molar-refractivity contribution in [3.05, 3.63) is 0 Å². The van der Waals surface area contributed by atoms with Crippen LogP contribution in [-0.2, 0) is 19.4 Å². The summed E-state index contributed by atoms with van der Waals surface area (Å²) in [6.45, 7) is 3.05. The fourth-order valence-electron chi connectivity index (χ4n) is 2.61. The lowest BCUT2D eigenvalue weighted by Crippen LogP contribution is -2.49. The standard InChI is InChI=1S/C11H19NO4S/c1-11(5-6-12(2)10(11)13)17(14,15)9-3-7-16-8-4-9/h9H,3-8H2,1-2H3. The monoisotopic (exact) mass is 261 g/mol. The van der Waals surface area contributed by atoms with Gasteiger partial charge in [0.2, 0.25) is 5.91 Å². The molecule has 2 rings (SSSR count). The van der Waals surface area contributed by atoms with Crippen LogP contribution < -0.4 is 0 Å². The Morgan fingerprint density at radius 2 is 1.94 bits per heavy atom. The molecule has 2 aliphatic rings. The maximum absolute atomic E-state index is 12.6. The van der Waals surface area contributed by atoms with Crippen molar-refractivity contribution >= 4 is 15.7 Å². The molecule has 0 aromatic carbocycles. The van der Waals surface area contributed by atoms with E-state index < -0.39 is 19.8 Å². The summed E-state index contributed by atoms with van der Waals surface area (Å²) in [4.78, 5) is 13.5. The summed E-state index contributed by atoms with van der Waals surface area (Å²) in [7, 11) is -1.75. The molecule has 17 heavy (non-hydrogen) atoms. The lowest BCUT2D eigenvalue weighted by Gasteiger charge is -2.30. The van der Waals surface area contributed by atoms with E-state index in [-0.39, 0.29) is 5.91 Å². The molecule has 0 aliphatic carbocycles. The Balaban J connectivity index is 2.28. The number of hydrogen-bond donors (Lipinski definition) is 0. The molecule has 0 spiro atoms. The molecule has 2 heterocycles. The average molecular weight is 261 g/mol. The minimum atomic E-state index is -3.41. The SMILES string of the molecule is CN1CCC(C)(S(=O)(=O)C2CCOCC2)C1=O. The van der Waals surface area contributed by atoms with Crippen molar-refractivity contribution in [3.8, 4) is 0 Å². The first-order valence-electron chi connectivity index (χ1n) is 5.96. The number of rotatable bonds is 2. The first kappa shape index (κ1) is 12.8. The van der Waals surface area contributed by atoms with E-state index in [1.54, 1.807) is 14.0 Å². The molecular formula is C11H19NO4S. The van der Waals surface area contributed by atoms with Gasteiger partial charge in [0.05, 0.1) is 5.25 Å². The van der Waals surface area contributed by atoms with Crippen molar-refractivity contribution < 1.29 is 17.9 Å². The molecule has 1 amide bonds. The minimum Gasteiger partial charge on any atom is -0.381 e. The Morgan fingerprint density at radius 1 is 1.35 bits per heavy atom. The average Bonchev–Trinajstić information content (AvgIpc) is 2.60. The van der Waals surface area contributed by atoms with Crippen molar-refractivity contribution in [1.82, 2.24) is 4.90 Å². The smallest absolute Gasteiger partial charge is 0.243 e. The van der Waals surface area contributed by atoms with E-state index in [0.29, 0.717) is 39.0 Å². The van der Waals surface area contributed by atoms with Crippen LogP contribution in [0.4, 0.5) is 0 Å². The molecule has 1 unspecified atom stereocenters. The highest BCUT2D eigenvalue weighted by Crippen LogP contribution is 2.35. The summed E-state index contributed by atoms with van der Waals surface area (Å²) in [6, 6.07) is 0. The van der Waals surface area contributed by atoms with Crippen LogP contribution in [0, 0.1) is 0 Å². The number of carbonyl (C=O) groups is 1. The van der Waals surface area contributed by atoms with Gasteiger partial charge in [-0.1, -0.05) is 0 Å². The normalized spacial score (nSPS) is 32.1. The van der Waals surface area contributed by atoms with Crippen molar-refractivity contribution in [2.24, 2.45) is 0 Å². The quantitative estimate of drug-likeness (QED) is 0.712. The second kappa shape index (κ2) is 4.24. The van der Waals surface area contributed by atoms with E-state index >= 15 is 0 Å². The zero-order valence-electron chi connectivity index (χ0n) is 10.3. The second-order valence-corrected chi connectivity index (χ2v) is 7.72. The van der Waals surface area contributed by atoms with E-state index in [2.05, 4.69) is 0 Å². The van der Waals surface area contributed by atoms with Gasteiger partial charge in [-0.3, -0.25) is 4.79 Å². The molecule has 2 fully saturated rings. The van der Waals surface area contributed by atoms with Gasteiger partial charge >= 0.3 is 0 Å². The molecule has 0 N–H and O–H groups in total. The minimum absolute atomic E-state index is 0.260. The summed E-state index contributed by atoms with van der Waals surface area (Å²) < 4.78 is 29.1. The number of carbonyl (C=O) groups excluding carboxylic acids is 1. The van der Waals surface area contributed by atoms with Gasteiger partial charge in [-0.25, -0.2) is 8.42 Å². The summed E-state index contributed by atoms with van der Waals surface area (Å²) in [6.07, 6.45) is 1.42. The summed E-state index contributed by atoms with van der Waals surface area (Å²) in [5.74, 6) is -0.260. The molecular weight excluding hydrogens is 242 g/mol. The Kier molecular flexibility index (Phi) is 3.20. The predicted octanol–water partition coefficient (Wildman–Crippen LogP) is 0.201. The highest BCUT2D eigenvalue weighted by atomic mass is 32.2. The third-order valence-electron chi connectivity index (χ3n) is 3.96. The van der Waals surface area contributed by atoms with E-state index in [4.69, 9.17) is 4.74 Å². The molecule has 1 atom stereocenters. The third kappa shape index (κ3) is 1.87. The van der Waals surface area contributed by atoms with Crippen LogP contribution in [-0.4, -0.2) is 56.0 Å². The van der Waals surface area contributed by atoms with Gasteiger partial charge in [-0.2, -0.15) is 0 Å². The molecule has 5 nitrogen and oxygen atoms in total. The lowest BCUT2D eigenvalue weighted by atomic mass is 10.1. The van der Waals surface area contributed by atoms with Crippen LogP contribution in [0.15, 0.2) is 0 Å². The fourth-order valence-corrected chi connectivity index (χ4v) is 4.94. The van der Waals surface area contributed by atoms with Crippen molar-refractivity contribution in [2.75, 3.05) is 26.8 Å². The largest absolute Gasteiger partial charge is 0.381 e. The first-order valence-corrected chi connectivity index (χ1v) is 7.51. The van der Waals surface area contributed by atoms with Gasteiger partial charge in [0.15, 0.2) is 9.84 Å². The Morgan fingerprint density at radius 3 is 2.41 bits per heavy atom. The summed E-state index contributed by atoms with van der Waals surface area (Å²) in [5, 5.41) is -0.420. The topological polar surface area (TPSA) is 63.7 Å². The van der Waals surface area contributed by atoms with Crippen molar-refractivity contribution in [1.29, 1.82) is 0 Å². The fraction of sp³-hybridized carbons (Fsp3) is 0.909. The molecule has 0 radical (unpaired) electrons. The highest BCUT2D eigenvalue weighted by molar-refractivity contribution is 7.94. The molecule has 0 saturated carbocycles. The van der Waals surface area contributed by atoms with E-state index in [1.807, 2.05) is 0 Å². The number of hydrogen-bond acceptors (Lipinski definition) is 4. The number of likely N-dealkylation sites (tertiary alicyclic amines) is 1. The van der Waals surface area contributed by atoms with Crippen molar-refractivity contribution in [3.63, 3.8) is 0 Å². The summed E-state index contributed by atoms with van der Waals surface area (Å²) >= 11 is 0. The number of sulfone groups is 1. The van der Waals surface area contributed by atoms with Gasteiger partial charge in [-0.15, -0.1) is 0 Å². The Hall–Kier alpha value is -0.620. The summed E-state index contributed by atoms with van der Waals surface area (Å²) in [5.41, 5.74) is 0.